The number of pyridine rings is 1. The molecule has 2 aliphatic heterocycles. The second-order valence-corrected chi connectivity index (χ2v) is 8.74. The Hall–Kier alpha value is -3.32. The third-order valence-corrected chi connectivity index (χ3v) is 6.79. The second kappa shape index (κ2) is 8.90. The molecule has 0 saturated carbocycles. The highest BCUT2D eigenvalue weighted by Crippen LogP contribution is 2.41. The second-order valence-electron chi connectivity index (χ2n) is 8.74. The predicted molar refractivity (Wildman–Crippen MR) is 127 cm³/mol. The van der Waals surface area contributed by atoms with Gasteiger partial charge in [0.2, 0.25) is 0 Å². The SMILES string of the molecule is CCN(C)C(=O)c1ccc(N2CCC3(CC2)OCCc2cnc(-c4ccccc4)nc23)nc1. The fraction of sp³-hybridized carbons (Fsp3) is 0.385. The van der Waals surface area contributed by atoms with Gasteiger partial charge in [0.05, 0.1) is 17.9 Å². The number of nitrogens with zero attached hydrogens (tertiary/aromatic N) is 5. The minimum atomic E-state index is -0.379. The molecule has 1 aromatic carbocycles. The highest BCUT2D eigenvalue weighted by molar-refractivity contribution is 5.93. The van der Waals surface area contributed by atoms with E-state index < -0.39 is 0 Å². The van der Waals surface area contributed by atoms with Gasteiger partial charge in [0.15, 0.2) is 5.82 Å². The molecule has 7 heteroatoms. The Bertz CT molecular complexity index is 1130. The molecule has 33 heavy (non-hydrogen) atoms. The number of rotatable bonds is 4. The van der Waals surface area contributed by atoms with Crippen LogP contribution >= 0.6 is 0 Å². The van der Waals surface area contributed by atoms with Gasteiger partial charge >= 0.3 is 0 Å². The third kappa shape index (κ3) is 4.09. The van der Waals surface area contributed by atoms with Crippen LogP contribution in [0.1, 0.15) is 41.4 Å². The molecule has 2 aromatic heterocycles. The highest BCUT2D eigenvalue weighted by Gasteiger charge is 2.42. The smallest absolute Gasteiger partial charge is 0.255 e. The Morgan fingerprint density at radius 2 is 1.88 bits per heavy atom. The first-order chi connectivity index (χ1) is 16.1. The van der Waals surface area contributed by atoms with E-state index in [9.17, 15) is 4.79 Å². The zero-order valence-corrected chi connectivity index (χ0v) is 19.2. The minimum Gasteiger partial charge on any atom is -0.368 e. The van der Waals surface area contributed by atoms with E-state index in [4.69, 9.17) is 9.72 Å². The number of fused-ring (bicyclic) bond motifs is 2. The summed E-state index contributed by atoms with van der Waals surface area (Å²) < 4.78 is 6.41. The molecule has 0 bridgehead atoms. The highest BCUT2D eigenvalue weighted by atomic mass is 16.5. The quantitative estimate of drug-likeness (QED) is 0.612. The van der Waals surface area contributed by atoms with Crippen molar-refractivity contribution in [3.8, 4) is 11.4 Å². The summed E-state index contributed by atoms with van der Waals surface area (Å²) in [6.07, 6.45) is 6.18. The van der Waals surface area contributed by atoms with Gasteiger partial charge < -0.3 is 14.5 Å². The van der Waals surface area contributed by atoms with Crippen molar-refractivity contribution in [2.24, 2.45) is 0 Å². The number of carbonyl (C=O) groups is 1. The molecule has 1 fully saturated rings. The van der Waals surface area contributed by atoms with Gasteiger partial charge in [-0.25, -0.2) is 15.0 Å². The van der Waals surface area contributed by atoms with Gasteiger partial charge in [-0.3, -0.25) is 4.79 Å². The molecule has 5 rings (SSSR count). The van der Waals surface area contributed by atoms with Crippen LogP contribution in [0.5, 0.6) is 0 Å². The molecule has 0 radical (unpaired) electrons. The van der Waals surface area contributed by atoms with Crippen molar-refractivity contribution >= 4 is 11.7 Å². The Morgan fingerprint density at radius 1 is 1.09 bits per heavy atom. The van der Waals surface area contributed by atoms with Gasteiger partial charge in [0.1, 0.15) is 11.4 Å². The van der Waals surface area contributed by atoms with Gasteiger partial charge in [-0.15, -0.1) is 0 Å². The minimum absolute atomic E-state index is 0.00439. The van der Waals surface area contributed by atoms with Gasteiger partial charge in [-0.2, -0.15) is 0 Å². The molecule has 1 amide bonds. The van der Waals surface area contributed by atoms with E-state index in [0.717, 1.165) is 55.3 Å². The molecule has 0 atom stereocenters. The lowest BCUT2D eigenvalue weighted by atomic mass is 9.83. The molecule has 0 aliphatic carbocycles. The zero-order valence-electron chi connectivity index (χ0n) is 19.2. The first kappa shape index (κ1) is 21.5. The summed E-state index contributed by atoms with van der Waals surface area (Å²) in [4.78, 5) is 30.5. The monoisotopic (exact) mass is 443 g/mol. The molecule has 4 heterocycles. The number of aromatic nitrogens is 3. The van der Waals surface area contributed by atoms with Crippen LogP contribution in [0.25, 0.3) is 11.4 Å². The number of ether oxygens (including phenoxy) is 1. The topological polar surface area (TPSA) is 71.5 Å². The van der Waals surface area contributed by atoms with Gasteiger partial charge in [0.25, 0.3) is 5.91 Å². The van der Waals surface area contributed by atoms with Crippen molar-refractivity contribution < 1.29 is 9.53 Å². The Balaban J connectivity index is 1.34. The lowest BCUT2D eigenvalue weighted by molar-refractivity contribution is -0.0801. The van der Waals surface area contributed by atoms with Crippen LogP contribution in [0, 0.1) is 0 Å². The standard InChI is InChI=1S/C26H29N5O2/c1-3-30(2)25(32)21-9-10-22(27-18-21)31-14-12-26(13-15-31)23-20(11-16-33-26)17-28-24(29-23)19-7-5-4-6-8-19/h4-10,17-18H,3,11-16H2,1-2H3. The third-order valence-electron chi connectivity index (χ3n) is 6.79. The van der Waals surface area contributed by atoms with Gasteiger partial charge in [-0.05, 0) is 43.9 Å². The number of anilines is 1. The Kier molecular flexibility index (Phi) is 5.81. The van der Waals surface area contributed by atoms with Crippen molar-refractivity contribution in [3.63, 3.8) is 0 Å². The average Bonchev–Trinajstić information content (AvgIpc) is 2.89. The van der Waals surface area contributed by atoms with E-state index in [0.29, 0.717) is 18.7 Å². The lowest BCUT2D eigenvalue weighted by Crippen LogP contribution is -2.47. The maximum absolute atomic E-state index is 12.4. The molecule has 0 unspecified atom stereocenters. The van der Waals surface area contributed by atoms with Crippen molar-refractivity contribution in [3.05, 3.63) is 71.7 Å². The number of hydrogen-bond acceptors (Lipinski definition) is 6. The van der Waals surface area contributed by atoms with E-state index in [2.05, 4.69) is 14.9 Å². The fourth-order valence-corrected chi connectivity index (χ4v) is 4.68. The van der Waals surface area contributed by atoms with Crippen molar-refractivity contribution in [1.82, 2.24) is 19.9 Å². The summed E-state index contributed by atoms with van der Waals surface area (Å²) in [5, 5.41) is 0. The van der Waals surface area contributed by atoms with Crippen molar-refractivity contribution in [1.29, 1.82) is 0 Å². The summed E-state index contributed by atoms with van der Waals surface area (Å²) in [5.41, 5.74) is 3.49. The maximum Gasteiger partial charge on any atom is 0.255 e. The van der Waals surface area contributed by atoms with Crippen LogP contribution in [-0.4, -0.2) is 59.0 Å². The molecule has 1 spiro atoms. The van der Waals surface area contributed by atoms with E-state index in [1.165, 1.54) is 5.56 Å². The van der Waals surface area contributed by atoms with E-state index in [1.54, 1.807) is 18.1 Å². The van der Waals surface area contributed by atoms with Gasteiger partial charge in [0, 0.05) is 44.6 Å². The normalized spacial score (nSPS) is 17.0. The largest absolute Gasteiger partial charge is 0.368 e. The number of piperidine rings is 1. The number of amides is 1. The summed E-state index contributed by atoms with van der Waals surface area (Å²) >= 11 is 0. The van der Waals surface area contributed by atoms with Crippen LogP contribution < -0.4 is 4.90 Å². The summed E-state index contributed by atoms with van der Waals surface area (Å²) in [6, 6.07) is 13.9. The first-order valence-electron chi connectivity index (χ1n) is 11.6. The molecule has 170 valence electrons. The number of carbonyl (C=O) groups excluding carboxylic acids is 1. The van der Waals surface area contributed by atoms with Crippen LogP contribution in [0.2, 0.25) is 0 Å². The molecule has 3 aromatic rings. The lowest BCUT2D eigenvalue weighted by Gasteiger charge is -2.44. The molecule has 2 aliphatic rings. The van der Waals surface area contributed by atoms with Crippen LogP contribution in [0.15, 0.2) is 54.9 Å². The van der Waals surface area contributed by atoms with E-state index >= 15 is 0 Å². The van der Waals surface area contributed by atoms with Crippen molar-refractivity contribution in [2.45, 2.75) is 31.8 Å². The molecule has 1 saturated heterocycles. The Labute approximate surface area is 194 Å². The number of benzene rings is 1. The van der Waals surface area contributed by atoms with Crippen LogP contribution in [-0.2, 0) is 16.8 Å². The summed E-state index contributed by atoms with van der Waals surface area (Å²) in [6.45, 7) is 4.97. The molecule has 0 N–H and O–H groups in total. The van der Waals surface area contributed by atoms with E-state index in [1.807, 2.05) is 55.6 Å². The van der Waals surface area contributed by atoms with E-state index in [-0.39, 0.29) is 11.5 Å². The van der Waals surface area contributed by atoms with Gasteiger partial charge in [-0.1, -0.05) is 30.3 Å². The maximum atomic E-state index is 12.4. The first-order valence-corrected chi connectivity index (χ1v) is 11.6. The number of hydrogen-bond donors (Lipinski definition) is 0. The summed E-state index contributed by atoms with van der Waals surface area (Å²) in [7, 11) is 1.80. The molecular weight excluding hydrogens is 414 g/mol. The molecule has 7 nitrogen and oxygen atoms in total. The molecular formula is C26H29N5O2. The zero-order chi connectivity index (χ0) is 22.8. The average molecular weight is 444 g/mol. The van der Waals surface area contributed by atoms with Crippen LogP contribution in [0.3, 0.4) is 0 Å². The van der Waals surface area contributed by atoms with Crippen LogP contribution in [0.4, 0.5) is 5.82 Å². The predicted octanol–water partition coefficient (Wildman–Crippen LogP) is 3.70. The van der Waals surface area contributed by atoms with Crippen molar-refractivity contribution in [2.75, 3.05) is 38.2 Å². The Morgan fingerprint density at radius 3 is 2.58 bits per heavy atom. The summed E-state index contributed by atoms with van der Waals surface area (Å²) in [5.74, 6) is 1.64. The fourth-order valence-electron chi connectivity index (χ4n) is 4.68.